The summed E-state index contributed by atoms with van der Waals surface area (Å²) >= 11 is 5.48. The summed E-state index contributed by atoms with van der Waals surface area (Å²) in [7, 11) is 0.882. The average Bonchev–Trinajstić information content (AvgIpc) is 2.54. The van der Waals surface area contributed by atoms with E-state index >= 15 is 0 Å². The molecule has 2 aromatic rings. The van der Waals surface area contributed by atoms with Crippen LogP contribution in [0.25, 0.3) is 5.69 Å². The Morgan fingerprint density at radius 3 is 2.19 bits per heavy atom. The van der Waals surface area contributed by atoms with Crippen LogP contribution in [0, 0.1) is 0 Å². The number of carbonyl (C=O) groups excluding carboxylic acids is 1. The summed E-state index contributed by atoms with van der Waals surface area (Å²) in [5, 5.41) is -0.909. The van der Waals surface area contributed by atoms with Crippen molar-refractivity contribution in [3.05, 3.63) is 56.7 Å². The van der Waals surface area contributed by atoms with Crippen molar-refractivity contribution < 1.29 is 35.9 Å². The Morgan fingerprint density at radius 1 is 1.12 bits per heavy atom. The van der Waals surface area contributed by atoms with Crippen LogP contribution in [0.2, 0.25) is 5.02 Å². The van der Waals surface area contributed by atoms with E-state index in [-0.39, 0.29) is 17.0 Å². The number of ether oxygens (including phenoxy) is 1. The van der Waals surface area contributed by atoms with Crippen LogP contribution in [0.4, 0.5) is 26.3 Å². The lowest BCUT2D eigenvalue weighted by Gasteiger charge is -2.15. The normalized spacial score (nSPS) is 12.2. The molecule has 26 heavy (non-hydrogen) atoms. The van der Waals surface area contributed by atoms with E-state index in [1.165, 1.54) is 0 Å². The van der Waals surface area contributed by atoms with Gasteiger partial charge in [-0.15, -0.1) is 0 Å². The van der Waals surface area contributed by atoms with Crippen molar-refractivity contribution in [2.75, 3.05) is 7.11 Å². The molecule has 0 unspecified atom stereocenters. The van der Waals surface area contributed by atoms with E-state index in [4.69, 9.17) is 11.6 Å². The number of nitrogens with zero attached hydrogens (tertiary/aromatic N) is 2. The topological polar surface area (TPSA) is 61.2 Å². The molecule has 0 radical (unpaired) electrons. The Hall–Kier alpha value is -2.56. The standard InChI is InChI=1S/C14H7ClF6N2O3/c1-26-12(25)10-9(3-6(4-22-10)13(16,17)18)23-5-7(14(19,20)21)2-8(15)11(23)24/h2-5H,1H3. The molecule has 0 aromatic carbocycles. The molecular formula is C14H7ClF6N2O3. The number of rotatable bonds is 2. The Morgan fingerprint density at radius 2 is 1.69 bits per heavy atom. The van der Waals surface area contributed by atoms with E-state index in [2.05, 4.69) is 9.72 Å². The third-order valence-corrected chi connectivity index (χ3v) is 3.40. The molecule has 0 aliphatic heterocycles. The van der Waals surface area contributed by atoms with E-state index in [0.29, 0.717) is 12.1 Å². The van der Waals surface area contributed by atoms with Crippen LogP contribution < -0.4 is 5.56 Å². The van der Waals surface area contributed by atoms with Crippen LogP contribution in [0.1, 0.15) is 21.6 Å². The van der Waals surface area contributed by atoms with Gasteiger partial charge in [0.05, 0.1) is 23.9 Å². The zero-order chi connectivity index (χ0) is 19.9. The maximum atomic E-state index is 12.9. The number of esters is 1. The van der Waals surface area contributed by atoms with Gasteiger partial charge in [-0.2, -0.15) is 26.3 Å². The number of hydrogen-bond acceptors (Lipinski definition) is 4. The molecule has 2 heterocycles. The monoisotopic (exact) mass is 400 g/mol. The minimum atomic E-state index is -4.94. The fourth-order valence-electron chi connectivity index (χ4n) is 1.93. The first-order valence-electron chi connectivity index (χ1n) is 6.51. The number of carbonyl (C=O) groups is 1. The number of hydrogen-bond donors (Lipinski definition) is 0. The molecule has 0 atom stereocenters. The van der Waals surface area contributed by atoms with Crippen LogP contribution in [0.3, 0.4) is 0 Å². The average molecular weight is 401 g/mol. The lowest BCUT2D eigenvalue weighted by molar-refractivity contribution is -0.139. The highest BCUT2D eigenvalue weighted by Gasteiger charge is 2.35. The predicted octanol–water partition coefficient (Wildman–Crippen LogP) is 3.71. The lowest BCUT2D eigenvalue weighted by atomic mass is 10.2. The second kappa shape index (κ2) is 6.63. The molecular weight excluding hydrogens is 394 g/mol. The molecule has 140 valence electrons. The zero-order valence-electron chi connectivity index (χ0n) is 12.6. The molecule has 0 aliphatic rings. The summed E-state index contributed by atoms with van der Waals surface area (Å²) in [6.45, 7) is 0. The van der Waals surface area contributed by atoms with Crippen molar-refractivity contribution in [2.24, 2.45) is 0 Å². The number of aromatic nitrogens is 2. The second-order valence-corrected chi connectivity index (χ2v) is 5.24. The Labute approximate surface area is 145 Å². The van der Waals surface area contributed by atoms with Gasteiger partial charge in [0.25, 0.3) is 5.56 Å². The number of methoxy groups -OCH3 is 1. The summed E-state index contributed by atoms with van der Waals surface area (Å²) in [4.78, 5) is 27.1. The van der Waals surface area contributed by atoms with Crippen LogP contribution in [0.15, 0.2) is 29.3 Å². The third-order valence-electron chi connectivity index (χ3n) is 3.13. The van der Waals surface area contributed by atoms with Crippen LogP contribution in [0.5, 0.6) is 0 Å². The highest BCUT2D eigenvalue weighted by molar-refractivity contribution is 6.30. The van der Waals surface area contributed by atoms with Crippen LogP contribution >= 0.6 is 11.6 Å². The second-order valence-electron chi connectivity index (χ2n) is 4.83. The van der Waals surface area contributed by atoms with E-state index in [1.54, 1.807) is 0 Å². The molecule has 0 saturated carbocycles. The molecule has 12 heteroatoms. The van der Waals surface area contributed by atoms with Crippen LogP contribution in [-0.2, 0) is 17.1 Å². The summed E-state index contributed by atoms with van der Waals surface area (Å²) in [5.41, 5.74) is -5.72. The van der Waals surface area contributed by atoms with Gasteiger partial charge in [-0.3, -0.25) is 9.36 Å². The number of alkyl halides is 6. The molecule has 0 saturated heterocycles. The fourth-order valence-corrected chi connectivity index (χ4v) is 2.14. The van der Waals surface area contributed by atoms with E-state index in [0.717, 1.165) is 7.11 Å². The predicted molar refractivity (Wildman–Crippen MR) is 76.2 cm³/mol. The quantitative estimate of drug-likeness (QED) is 0.569. The largest absolute Gasteiger partial charge is 0.464 e. The van der Waals surface area contributed by atoms with Gasteiger partial charge in [0.1, 0.15) is 5.02 Å². The van der Waals surface area contributed by atoms with Crippen LogP contribution in [-0.4, -0.2) is 22.6 Å². The van der Waals surface area contributed by atoms with Crippen molar-refractivity contribution in [1.82, 2.24) is 9.55 Å². The van der Waals surface area contributed by atoms with E-state index in [9.17, 15) is 35.9 Å². The van der Waals surface area contributed by atoms with E-state index in [1.807, 2.05) is 0 Å². The van der Waals surface area contributed by atoms with Gasteiger partial charge in [-0.1, -0.05) is 11.6 Å². The van der Waals surface area contributed by atoms with Gasteiger partial charge in [0.2, 0.25) is 0 Å². The molecule has 2 rings (SSSR count). The first-order chi connectivity index (χ1) is 11.9. The van der Waals surface area contributed by atoms with Gasteiger partial charge >= 0.3 is 18.3 Å². The van der Waals surface area contributed by atoms with Gasteiger partial charge in [-0.05, 0) is 12.1 Å². The maximum Gasteiger partial charge on any atom is 0.417 e. The van der Waals surface area contributed by atoms with E-state index < -0.39 is 51.4 Å². The number of pyridine rings is 2. The molecule has 0 bridgehead atoms. The summed E-state index contributed by atoms with van der Waals surface area (Å²) in [5.74, 6) is -1.26. The Kier molecular flexibility index (Phi) is 5.04. The lowest BCUT2D eigenvalue weighted by Crippen LogP contribution is -2.25. The minimum Gasteiger partial charge on any atom is -0.464 e. The number of halogens is 7. The van der Waals surface area contributed by atoms with Gasteiger partial charge < -0.3 is 4.74 Å². The van der Waals surface area contributed by atoms with Crippen molar-refractivity contribution in [3.8, 4) is 5.69 Å². The van der Waals surface area contributed by atoms with Crippen molar-refractivity contribution in [2.45, 2.75) is 12.4 Å². The highest BCUT2D eigenvalue weighted by Crippen LogP contribution is 2.33. The first kappa shape index (κ1) is 19.8. The van der Waals surface area contributed by atoms with Crippen molar-refractivity contribution in [3.63, 3.8) is 0 Å². The molecule has 2 aromatic heterocycles. The van der Waals surface area contributed by atoms with Crippen molar-refractivity contribution >= 4 is 17.6 Å². The van der Waals surface area contributed by atoms with Crippen molar-refractivity contribution in [1.29, 1.82) is 0 Å². The third kappa shape index (κ3) is 3.82. The Bertz CT molecular complexity index is 920. The minimum absolute atomic E-state index is 0.166. The zero-order valence-corrected chi connectivity index (χ0v) is 13.3. The molecule has 0 aliphatic carbocycles. The summed E-state index contributed by atoms with van der Waals surface area (Å²) < 4.78 is 82.0. The molecule has 0 amide bonds. The molecule has 0 spiro atoms. The summed E-state index contributed by atoms with van der Waals surface area (Å²) in [6, 6.07) is 0.621. The first-order valence-corrected chi connectivity index (χ1v) is 6.89. The smallest absolute Gasteiger partial charge is 0.417 e. The van der Waals surface area contributed by atoms with Gasteiger partial charge in [0.15, 0.2) is 5.69 Å². The fraction of sp³-hybridized carbons (Fsp3) is 0.214. The van der Waals surface area contributed by atoms with Gasteiger partial charge in [0, 0.05) is 12.4 Å². The SMILES string of the molecule is COC(=O)c1ncc(C(F)(F)F)cc1-n1cc(C(F)(F)F)cc(Cl)c1=O. The molecule has 0 fully saturated rings. The maximum absolute atomic E-state index is 12.9. The summed E-state index contributed by atoms with van der Waals surface area (Å²) in [6.07, 6.45) is -9.36. The van der Waals surface area contributed by atoms with Gasteiger partial charge in [-0.25, -0.2) is 9.78 Å². The molecule has 5 nitrogen and oxygen atoms in total. The Balaban J connectivity index is 2.87. The highest BCUT2D eigenvalue weighted by atomic mass is 35.5. The molecule has 0 N–H and O–H groups in total.